The molecule has 0 radical (unpaired) electrons. The molecule has 0 spiro atoms. The number of aliphatic carboxylic acids is 2. The first-order valence-electron chi connectivity index (χ1n) is 23.6. The number of aliphatic hydroxyl groups excluding tert-OH is 1. The number of carboxylic acids is 2. The summed E-state index contributed by atoms with van der Waals surface area (Å²) >= 11 is 0. The summed E-state index contributed by atoms with van der Waals surface area (Å²) in [5, 5.41) is 46.5. The lowest BCUT2D eigenvalue weighted by molar-refractivity contribution is -0.146. The number of hydrogen-bond acceptors (Lipinski definition) is 11. The minimum absolute atomic E-state index is 0.00445. The lowest BCUT2D eigenvalue weighted by Gasteiger charge is -2.28. The molecule has 0 aromatic heterocycles. The Labute approximate surface area is 415 Å². The van der Waals surface area contributed by atoms with Gasteiger partial charge in [-0.3, -0.25) is 38.6 Å². The van der Waals surface area contributed by atoms with E-state index in [1.54, 1.807) is 32.9 Å². The molecule has 392 valence electrons. The van der Waals surface area contributed by atoms with Gasteiger partial charge < -0.3 is 63.6 Å². The zero-order chi connectivity index (χ0) is 53.7. The number of carboxylic acid groups (broad SMARTS) is 2. The number of aliphatic imine (C=N–C) groups is 1. The number of guanidine groups is 1. The Morgan fingerprint density at radius 1 is 0.817 bits per heavy atom. The molecule has 22 nitrogen and oxygen atoms in total. The number of carbonyl (C=O) groups excluding carboxylic acids is 7. The van der Waals surface area contributed by atoms with Crippen molar-refractivity contribution in [3.05, 3.63) is 72.0 Å². The molecule has 0 aliphatic carbocycles. The number of amides is 7. The highest BCUT2D eigenvalue weighted by Crippen LogP contribution is 2.18. The highest BCUT2D eigenvalue weighted by atomic mass is 16.4. The third-order valence-electron chi connectivity index (χ3n) is 11.9. The molecule has 0 saturated carbocycles. The first kappa shape index (κ1) is 60.0. The van der Waals surface area contributed by atoms with Gasteiger partial charge in [0.25, 0.3) is 5.91 Å². The van der Waals surface area contributed by atoms with Crippen molar-refractivity contribution in [2.75, 3.05) is 13.6 Å². The van der Waals surface area contributed by atoms with Gasteiger partial charge in [0.1, 0.15) is 35.9 Å². The summed E-state index contributed by atoms with van der Waals surface area (Å²) in [7, 11) is 1.21. The monoisotopic (exact) mass is 995 g/mol. The Morgan fingerprint density at radius 3 is 2.01 bits per heavy atom. The SMILES string of the molecule is C=C1C(=O)NC(C)C(=O)NC(CC(C)C)C(=O)NC(C(=O)O)C(C)C(=O)NC(CCCCN=C(N)N)C(=O)NC(C=CC(C)=CC(C)C(O)Cc2ccccc2)C(C)C(=O)NC(C(=O)O)CCC(=O)N1C. The van der Waals surface area contributed by atoms with Crippen molar-refractivity contribution >= 4 is 59.2 Å². The molecule has 22 heteroatoms. The number of unbranched alkanes of at least 4 members (excludes halogenated alkanes) is 1. The highest BCUT2D eigenvalue weighted by Gasteiger charge is 2.37. The predicted octanol–water partition coefficient (Wildman–Crippen LogP) is 0.354. The fourth-order valence-electron chi connectivity index (χ4n) is 7.34. The lowest BCUT2D eigenvalue weighted by atomic mass is 9.94. The topological polar surface area (TPSA) is 354 Å². The maximum Gasteiger partial charge on any atom is 0.327 e. The largest absolute Gasteiger partial charge is 0.480 e. The summed E-state index contributed by atoms with van der Waals surface area (Å²) in [5.41, 5.74) is 12.1. The number of nitrogens with two attached hydrogens (primary N) is 2. The van der Waals surface area contributed by atoms with Crippen LogP contribution in [0.15, 0.2) is 71.4 Å². The van der Waals surface area contributed by atoms with Gasteiger partial charge in [-0.15, -0.1) is 0 Å². The van der Waals surface area contributed by atoms with Crippen molar-refractivity contribution in [2.24, 2.45) is 40.1 Å². The number of nitrogens with zero attached hydrogens (tertiary/aromatic N) is 2. The molecule has 1 saturated heterocycles. The standard InChI is InChI=1S/C49H74N10O12/c1-26(2)23-37-46(67)58-40(48(70)71)30(6)42(63)55-35(17-13-14-22-52-49(50)51)45(66)54-34(19-18-27(3)24-28(4)38(60)25-33-15-11-10-12-16-33)29(5)41(62)56-36(47(68)69)20-21-39(61)59(9)32(8)44(65)53-31(7)43(64)57-37/h10-12,15-16,18-19,24,26,28-31,34-38,40,60H,8,13-14,17,20-23,25H2,1-7,9H3,(H,53,65)(H,54,66)(H,55,63)(H,56,62)(H,57,64)(H,58,67)(H,68,69)(H,70,71)(H4,50,51,52). The van der Waals surface area contributed by atoms with Gasteiger partial charge in [-0.1, -0.05) is 95.3 Å². The summed E-state index contributed by atoms with van der Waals surface area (Å²) in [5.74, 6) is -12.8. The quantitative estimate of drug-likeness (QED) is 0.0372. The highest BCUT2D eigenvalue weighted by molar-refractivity contribution is 6.00. The van der Waals surface area contributed by atoms with Gasteiger partial charge in [-0.25, -0.2) is 9.59 Å². The van der Waals surface area contributed by atoms with Crippen LogP contribution < -0.4 is 43.4 Å². The van der Waals surface area contributed by atoms with Gasteiger partial charge in [0.15, 0.2) is 5.96 Å². The normalized spacial score (nSPS) is 25.3. The molecule has 1 aliphatic rings. The van der Waals surface area contributed by atoms with Crippen LogP contribution in [0, 0.1) is 23.7 Å². The molecule has 1 fully saturated rings. The van der Waals surface area contributed by atoms with E-state index in [2.05, 4.69) is 43.5 Å². The second-order valence-corrected chi connectivity index (χ2v) is 18.4. The number of carbonyl (C=O) groups is 9. The summed E-state index contributed by atoms with van der Waals surface area (Å²) in [6.45, 7) is 14.8. The molecule has 7 amide bonds. The number of rotatable bonds is 15. The van der Waals surface area contributed by atoms with E-state index in [9.17, 15) is 58.5 Å². The average Bonchev–Trinajstić information content (AvgIpc) is 3.30. The molecule has 10 unspecified atom stereocenters. The lowest BCUT2D eigenvalue weighted by Crippen LogP contribution is -2.59. The minimum Gasteiger partial charge on any atom is -0.480 e. The van der Waals surface area contributed by atoms with Crippen LogP contribution in [0.25, 0.3) is 0 Å². The summed E-state index contributed by atoms with van der Waals surface area (Å²) in [4.78, 5) is 126. The van der Waals surface area contributed by atoms with Crippen LogP contribution in [0.2, 0.25) is 0 Å². The second kappa shape index (κ2) is 29.2. The Balaban J connectivity index is 2.71. The fourth-order valence-corrected chi connectivity index (χ4v) is 7.34. The van der Waals surface area contributed by atoms with Gasteiger partial charge in [-0.05, 0) is 63.9 Å². The molecule has 1 aromatic carbocycles. The van der Waals surface area contributed by atoms with Crippen molar-refractivity contribution in [3.63, 3.8) is 0 Å². The van der Waals surface area contributed by atoms with E-state index in [1.807, 2.05) is 37.3 Å². The van der Waals surface area contributed by atoms with Gasteiger partial charge in [0.05, 0.1) is 24.0 Å². The zero-order valence-corrected chi connectivity index (χ0v) is 41.9. The molecular weight excluding hydrogens is 921 g/mol. The van der Waals surface area contributed by atoms with Crippen LogP contribution >= 0.6 is 0 Å². The first-order valence-corrected chi connectivity index (χ1v) is 23.6. The summed E-state index contributed by atoms with van der Waals surface area (Å²) < 4.78 is 0. The van der Waals surface area contributed by atoms with Crippen molar-refractivity contribution in [1.82, 2.24) is 36.8 Å². The average molecular weight is 995 g/mol. The molecule has 0 bridgehead atoms. The number of likely N-dealkylation sites (N-methyl/N-ethyl adjacent to an activating group) is 1. The minimum atomic E-state index is -1.88. The Kier molecular flexibility index (Phi) is 24.7. The number of aliphatic hydroxyl groups is 1. The number of allylic oxidation sites excluding steroid dienone is 2. The molecule has 1 aliphatic heterocycles. The second-order valence-electron chi connectivity index (χ2n) is 18.4. The van der Waals surface area contributed by atoms with Crippen molar-refractivity contribution < 1.29 is 58.5 Å². The Morgan fingerprint density at radius 2 is 1.42 bits per heavy atom. The summed E-state index contributed by atoms with van der Waals surface area (Å²) in [6.07, 6.45) is 4.11. The predicted molar refractivity (Wildman–Crippen MR) is 264 cm³/mol. The smallest absolute Gasteiger partial charge is 0.327 e. The molecule has 1 heterocycles. The number of hydrogen-bond donors (Lipinski definition) is 11. The van der Waals surface area contributed by atoms with E-state index >= 15 is 0 Å². The van der Waals surface area contributed by atoms with Crippen LogP contribution in [0.4, 0.5) is 0 Å². The fraction of sp³-hybridized carbons (Fsp3) is 0.551. The van der Waals surface area contributed by atoms with Crippen molar-refractivity contribution in [1.29, 1.82) is 0 Å². The van der Waals surface area contributed by atoms with Crippen molar-refractivity contribution in [3.8, 4) is 0 Å². The van der Waals surface area contributed by atoms with Crippen LogP contribution in [-0.2, 0) is 49.6 Å². The van der Waals surface area contributed by atoms with Crippen LogP contribution in [0.3, 0.4) is 0 Å². The first-order chi connectivity index (χ1) is 33.2. The van der Waals surface area contributed by atoms with Gasteiger partial charge in [-0.2, -0.15) is 0 Å². The third-order valence-corrected chi connectivity index (χ3v) is 11.9. The Hall–Kier alpha value is -7.10. The number of benzene rings is 1. The van der Waals surface area contributed by atoms with Crippen LogP contribution in [0.5, 0.6) is 0 Å². The van der Waals surface area contributed by atoms with E-state index in [-0.39, 0.29) is 43.6 Å². The van der Waals surface area contributed by atoms with E-state index in [1.165, 1.54) is 33.9 Å². The maximum absolute atomic E-state index is 14.4. The molecule has 10 atom stereocenters. The van der Waals surface area contributed by atoms with Gasteiger partial charge >= 0.3 is 11.9 Å². The zero-order valence-electron chi connectivity index (χ0n) is 41.9. The van der Waals surface area contributed by atoms with Crippen LogP contribution in [-0.4, -0.2) is 135 Å². The van der Waals surface area contributed by atoms with Gasteiger partial charge in [0.2, 0.25) is 35.4 Å². The third kappa shape index (κ3) is 20.4. The van der Waals surface area contributed by atoms with Crippen molar-refractivity contribution in [2.45, 2.75) is 136 Å². The Bertz CT molecular complexity index is 2160. The molecule has 2 rings (SSSR count). The number of nitrogens with one attached hydrogen (secondary N) is 6. The van der Waals surface area contributed by atoms with E-state index in [0.717, 1.165) is 10.5 Å². The summed E-state index contributed by atoms with van der Waals surface area (Å²) in [6, 6.07) is 0.617. The molecule has 13 N–H and O–H groups in total. The molecule has 1 aromatic rings. The molecular formula is C49H74N10O12. The molecule has 71 heavy (non-hydrogen) atoms. The van der Waals surface area contributed by atoms with Crippen LogP contribution in [0.1, 0.15) is 92.6 Å². The van der Waals surface area contributed by atoms with E-state index in [0.29, 0.717) is 18.4 Å². The maximum atomic E-state index is 14.4. The van der Waals surface area contributed by atoms with Gasteiger partial charge in [0, 0.05) is 25.9 Å². The van der Waals surface area contributed by atoms with E-state index < -0.39 is 126 Å². The van der Waals surface area contributed by atoms with E-state index in [4.69, 9.17) is 11.5 Å².